The van der Waals surface area contributed by atoms with Crippen LogP contribution in [0.25, 0.3) is 10.8 Å². The van der Waals surface area contributed by atoms with Gasteiger partial charge in [0, 0.05) is 5.69 Å². The zero-order chi connectivity index (χ0) is 19.2. The molecule has 0 aliphatic heterocycles. The van der Waals surface area contributed by atoms with Crippen molar-refractivity contribution in [2.24, 2.45) is 0 Å². The van der Waals surface area contributed by atoms with E-state index in [2.05, 4.69) is 5.32 Å². The molecule has 1 amide bonds. The van der Waals surface area contributed by atoms with Gasteiger partial charge in [-0.25, -0.2) is 4.79 Å². The molecule has 0 aliphatic rings. The number of ether oxygens (including phenoxy) is 2. The van der Waals surface area contributed by atoms with Gasteiger partial charge >= 0.3 is 5.97 Å². The second kappa shape index (κ2) is 8.36. The number of hydrogen-bond donors (Lipinski definition) is 1. The summed E-state index contributed by atoms with van der Waals surface area (Å²) in [6.07, 6.45) is -1.76. The molecule has 1 N–H and O–H groups in total. The van der Waals surface area contributed by atoms with Crippen LogP contribution < -0.4 is 10.1 Å². The number of amides is 1. The molecule has 5 heteroatoms. The molecule has 0 saturated heterocycles. The summed E-state index contributed by atoms with van der Waals surface area (Å²) in [4.78, 5) is 24.5. The molecule has 0 saturated carbocycles. The number of rotatable bonds is 6. The molecular weight excluding hydrogens is 342 g/mol. The van der Waals surface area contributed by atoms with Gasteiger partial charge in [-0.15, -0.1) is 0 Å². The van der Waals surface area contributed by atoms with Crippen LogP contribution in [0.1, 0.15) is 13.8 Å². The number of esters is 1. The Kier molecular flexibility index (Phi) is 5.71. The van der Waals surface area contributed by atoms with Crippen molar-refractivity contribution >= 4 is 28.3 Å². The summed E-state index contributed by atoms with van der Waals surface area (Å²) in [6, 6.07) is 22.5. The molecule has 0 spiro atoms. The van der Waals surface area contributed by atoms with Gasteiger partial charge in [-0.3, -0.25) is 4.79 Å². The molecule has 3 rings (SSSR count). The van der Waals surface area contributed by atoms with E-state index in [0.29, 0.717) is 11.4 Å². The summed E-state index contributed by atoms with van der Waals surface area (Å²) in [5, 5.41) is 4.87. The van der Waals surface area contributed by atoms with Gasteiger partial charge in [0.1, 0.15) is 5.75 Å². The van der Waals surface area contributed by atoms with Gasteiger partial charge < -0.3 is 14.8 Å². The van der Waals surface area contributed by atoms with Gasteiger partial charge in [-0.05, 0) is 48.9 Å². The second-order valence-electron chi connectivity index (χ2n) is 6.20. The maximum atomic E-state index is 12.3. The monoisotopic (exact) mass is 363 g/mol. The lowest BCUT2D eigenvalue weighted by Crippen LogP contribution is -2.35. The largest absolute Gasteiger partial charge is 0.479 e. The van der Waals surface area contributed by atoms with E-state index in [1.165, 1.54) is 6.92 Å². The molecule has 0 heterocycles. The topological polar surface area (TPSA) is 64.6 Å². The molecule has 3 aromatic carbocycles. The predicted octanol–water partition coefficient (Wildman–Crippen LogP) is 4.18. The fourth-order valence-corrected chi connectivity index (χ4v) is 2.59. The van der Waals surface area contributed by atoms with Gasteiger partial charge in [0.2, 0.25) is 0 Å². The zero-order valence-corrected chi connectivity index (χ0v) is 15.2. The third-order valence-electron chi connectivity index (χ3n) is 4.07. The lowest BCUT2D eigenvalue weighted by atomic mass is 10.1. The van der Waals surface area contributed by atoms with Crippen LogP contribution in [0.15, 0.2) is 72.8 Å². The van der Waals surface area contributed by atoms with E-state index in [-0.39, 0.29) is 0 Å². The van der Waals surface area contributed by atoms with E-state index in [4.69, 9.17) is 9.47 Å². The Morgan fingerprint density at radius 3 is 2.22 bits per heavy atom. The summed E-state index contributed by atoms with van der Waals surface area (Å²) in [5.74, 6) is -0.430. The van der Waals surface area contributed by atoms with E-state index in [9.17, 15) is 9.59 Å². The van der Waals surface area contributed by atoms with Crippen molar-refractivity contribution in [3.8, 4) is 5.75 Å². The number of anilines is 1. The minimum absolute atomic E-state index is 0.398. The van der Waals surface area contributed by atoms with Crippen LogP contribution in [0.5, 0.6) is 5.75 Å². The van der Waals surface area contributed by atoms with Crippen LogP contribution in [-0.4, -0.2) is 24.1 Å². The van der Waals surface area contributed by atoms with Crippen molar-refractivity contribution < 1.29 is 19.1 Å². The fourth-order valence-electron chi connectivity index (χ4n) is 2.59. The molecule has 5 nitrogen and oxygen atoms in total. The van der Waals surface area contributed by atoms with Crippen molar-refractivity contribution in [2.75, 3.05) is 5.32 Å². The lowest BCUT2D eigenvalue weighted by molar-refractivity contribution is -0.159. The molecule has 0 radical (unpaired) electrons. The smallest absolute Gasteiger partial charge is 0.347 e. The van der Waals surface area contributed by atoms with Crippen molar-refractivity contribution in [1.29, 1.82) is 0 Å². The Balaban J connectivity index is 1.56. The number of carbonyl (C=O) groups is 2. The number of fused-ring (bicyclic) bond motifs is 1. The Hall–Kier alpha value is -3.34. The molecular formula is C22H21NO4. The van der Waals surface area contributed by atoms with E-state index in [0.717, 1.165) is 10.8 Å². The molecule has 0 aromatic heterocycles. The van der Waals surface area contributed by atoms with Crippen molar-refractivity contribution in [3.63, 3.8) is 0 Å². The van der Waals surface area contributed by atoms with Gasteiger partial charge in [-0.2, -0.15) is 0 Å². The molecule has 0 fully saturated rings. The van der Waals surface area contributed by atoms with Gasteiger partial charge in [0.25, 0.3) is 5.91 Å². The first kappa shape index (κ1) is 18.5. The van der Waals surface area contributed by atoms with Crippen LogP contribution in [0, 0.1) is 0 Å². The van der Waals surface area contributed by atoms with Gasteiger partial charge in [-0.1, -0.05) is 48.5 Å². The van der Waals surface area contributed by atoms with Crippen LogP contribution in [-0.2, 0) is 14.3 Å². The summed E-state index contributed by atoms with van der Waals surface area (Å²) in [6.45, 7) is 3.12. The lowest BCUT2D eigenvalue weighted by Gasteiger charge is -2.18. The average molecular weight is 363 g/mol. The fraction of sp³-hybridized carbons (Fsp3) is 0.182. The molecule has 27 heavy (non-hydrogen) atoms. The summed E-state index contributed by atoms with van der Waals surface area (Å²) < 4.78 is 10.7. The van der Waals surface area contributed by atoms with Crippen LogP contribution >= 0.6 is 0 Å². The number of para-hydroxylation sites is 1. The molecule has 0 bridgehead atoms. The van der Waals surface area contributed by atoms with E-state index in [1.807, 2.05) is 60.7 Å². The molecule has 3 aromatic rings. The van der Waals surface area contributed by atoms with Gasteiger partial charge in [0.15, 0.2) is 12.2 Å². The second-order valence-corrected chi connectivity index (χ2v) is 6.20. The number of hydrogen-bond acceptors (Lipinski definition) is 4. The van der Waals surface area contributed by atoms with Crippen LogP contribution in [0.3, 0.4) is 0 Å². The molecule has 138 valence electrons. The first-order chi connectivity index (χ1) is 13.0. The first-order valence-electron chi connectivity index (χ1n) is 8.75. The number of carbonyl (C=O) groups excluding carboxylic acids is 2. The van der Waals surface area contributed by atoms with Crippen molar-refractivity contribution in [3.05, 3.63) is 72.8 Å². The highest BCUT2D eigenvalue weighted by Gasteiger charge is 2.23. The third kappa shape index (κ3) is 4.85. The van der Waals surface area contributed by atoms with Crippen molar-refractivity contribution in [1.82, 2.24) is 0 Å². The normalized spacial score (nSPS) is 12.8. The first-order valence-corrected chi connectivity index (χ1v) is 8.75. The van der Waals surface area contributed by atoms with E-state index < -0.39 is 24.1 Å². The van der Waals surface area contributed by atoms with E-state index in [1.54, 1.807) is 19.1 Å². The number of benzene rings is 3. The van der Waals surface area contributed by atoms with Crippen LogP contribution in [0.2, 0.25) is 0 Å². The Morgan fingerprint density at radius 1 is 0.815 bits per heavy atom. The maximum Gasteiger partial charge on any atom is 0.347 e. The van der Waals surface area contributed by atoms with Crippen LogP contribution in [0.4, 0.5) is 5.69 Å². The van der Waals surface area contributed by atoms with Crippen molar-refractivity contribution in [2.45, 2.75) is 26.1 Å². The van der Waals surface area contributed by atoms with Gasteiger partial charge in [0.05, 0.1) is 0 Å². The quantitative estimate of drug-likeness (QED) is 0.668. The highest BCUT2D eigenvalue weighted by molar-refractivity contribution is 5.97. The SMILES string of the molecule is C[C@@H](OC(=O)[C@@H](C)Oc1ccccc1)C(=O)Nc1ccc2ccccc2c1. The summed E-state index contributed by atoms with van der Waals surface area (Å²) >= 11 is 0. The summed E-state index contributed by atoms with van der Waals surface area (Å²) in [5.41, 5.74) is 0.648. The summed E-state index contributed by atoms with van der Waals surface area (Å²) in [7, 11) is 0. The minimum Gasteiger partial charge on any atom is -0.479 e. The number of nitrogens with one attached hydrogen (secondary N) is 1. The van der Waals surface area contributed by atoms with E-state index >= 15 is 0 Å². The minimum atomic E-state index is -0.939. The standard InChI is InChI=1S/C22H21NO4/c1-15(27-22(25)16(2)26-20-10-4-3-5-11-20)21(24)23-19-13-12-17-8-6-7-9-18(17)14-19/h3-16H,1-2H3,(H,23,24)/t15-,16-/m1/s1. The molecule has 2 atom stereocenters. The highest BCUT2D eigenvalue weighted by Crippen LogP contribution is 2.19. The predicted molar refractivity (Wildman–Crippen MR) is 105 cm³/mol. The zero-order valence-electron chi connectivity index (χ0n) is 15.2. The average Bonchev–Trinajstić information content (AvgIpc) is 2.68. The maximum absolute atomic E-state index is 12.3. The Morgan fingerprint density at radius 2 is 1.48 bits per heavy atom. The third-order valence-corrected chi connectivity index (χ3v) is 4.07. The Labute approximate surface area is 157 Å². The Bertz CT molecular complexity index is 939. The highest BCUT2D eigenvalue weighted by atomic mass is 16.6. The molecule has 0 aliphatic carbocycles. The molecule has 0 unspecified atom stereocenters.